The van der Waals surface area contributed by atoms with Gasteiger partial charge in [-0.1, -0.05) is 43.3 Å². The van der Waals surface area contributed by atoms with Gasteiger partial charge in [0.25, 0.3) is 0 Å². The highest BCUT2D eigenvalue weighted by atomic mass is 16.5. The molecule has 1 aliphatic carbocycles. The first-order valence-electron chi connectivity index (χ1n) is 12.6. The van der Waals surface area contributed by atoms with Crippen LogP contribution in [-0.2, 0) is 30.5 Å². The molecule has 0 fully saturated rings. The lowest BCUT2D eigenvalue weighted by atomic mass is 9.69. The number of nitrogens with one attached hydrogen (secondary N) is 1. The highest BCUT2D eigenvalue weighted by Crippen LogP contribution is 2.46. The van der Waals surface area contributed by atoms with Gasteiger partial charge in [0, 0.05) is 22.9 Å². The van der Waals surface area contributed by atoms with E-state index >= 15 is 0 Å². The van der Waals surface area contributed by atoms with Gasteiger partial charge in [0.1, 0.15) is 12.5 Å². The smallest absolute Gasteiger partial charge is 0.336 e. The Morgan fingerprint density at radius 3 is 2.45 bits per heavy atom. The molecule has 0 aromatic heterocycles. The number of ketones is 1. The molecule has 38 heavy (non-hydrogen) atoms. The maximum atomic E-state index is 13.8. The van der Waals surface area contributed by atoms with Crippen molar-refractivity contribution in [1.82, 2.24) is 5.32 Å². The lowest BCUT2D eigenvalue weighted by Gasteiger charge is -2.38. The third kappa shape index (κ3) is 5.16. The van der Waals surface area contributed by atoms with Gasteiger partial charge < -0.3 is 24.3 Å². The van der Waals surface area contributed by atoms with Crippen molar-refractivity contribution in [3.8, 4) is 11.5 Å². The van der Waals surface area contributed by atoms with Crippen LogP contribution in [0.15, 0.2) is 71.1 Å². The molecule has 0 bridgehead atoms. The van der Waals surface area contributed by atoms with Gasteiger partial charge in [0.2, 0.25) is 0 Å². The van der Waals surface area contributed by atoms with Crippen LogP contribution in [0.2, 0.25) is 0 Å². The molecule has 2 aromatic carbocycles. The Hall–Kier alpha value is -4.07. The molecule has 8 heteroatoms. The summed E-state index contributed by atoms with van der Waals surface area (Å²) in [6.45, 7) is 5.90. The van der Waals surface area contributed by atoms with Crippen LogP contribution in [0, 0.1) is 11.8 Å². The molecule has 0 saturated carbocycles. The second-order valence-corrected chi connectivity index (χ2v) is 9.44. The van der Waals surface area contributed by atoms with Crippen molar-refractivity contribution in [2.75, 3.05) is 20.8 Å². The molecule has 2 aromatic rings. The molecule has 0 unspecified atom stereocenters. The highest BCUT2D eigenvalue weighted by molar-refractivity contribution is 6.12. The number of carbonyl (C=O) groups excluding carboxylic acids is 3. The molecule has 2 aliphatic rings. The number of rotatable bonds is 8. The summed E-state index contributed by atoms with van der Waals surface area (Å²) in [7, 11) is 2.81. The number of methoxy groups -OCH3 is 2. The van der Waals surface area contributed by atoms with Crippen molar-refractivity contribution < 1.29 is 33.3 Å². The Bertz CT molecular complexity index is 1290. The van der Waals surface area contributed by atoms with Crippen LogP contribution in [0.4, 0.5) is 0 Å². The van der Waals surface area contributed by atoms with E-state index in [0.717, 1.165) is 5.56 Å². The second-order valence-electron chi connectivity index (χ2n) is 9.44. The fraction of sp³-hybridized carbons (Fsp3) is 0.367. The minimum atomic E-state index is -0.958. The van der Waals surface area contributed by atoms with Gasteiger partial charge in [-0.25, -0.2) is 4.79 Å². The number of benzene rings is 2. The third-order valence-corrected chi connectivity index (χ3v) is 7.00. The summed E-state index contributed by atoms with van der Waals surface area (Å²) in [4.78, 5) is 39.6. The van der Waals surface area contributed by atoms with Crippen molar-refractivity contribution in [2.45, 2.75) is 39.7 Å². The standard InChI is InChI=1S/C30H33NO7/c1-6-37-30(34)25-18(3)31-21-14-17(2)24(29(33)36-5)28(32)27(21)26(25)20-12-13-22(23(15-20)35-4)38-16-19-10-8-7-9-11-19/h7-13,15,17,24,26,31H,6,14,16H2,1-5H3/t17-,24+,26+/m0/s1. The van der Waals surface area contributed by atoms with Crippen molar-refractivity contribution in [3.05, 3.63) is 82.2 Å². The normalized spacial score (nSPS) is 20.9. The fourth-order valence-electron chi connectivity index (χ4n) is 5.21. The van der Waals surface area contributed by atoms with Gasteiger partial charge in [-0.15, -0.1) is 0 Å². The molecule has 0 radical (unpaired) electrons. The Labute approximate surface area is 222 Å². The van der Waals surface area contributed by atoms with Gasteiger partial charge in [0.15, 0.2) is 17.3 Å². The lowest BCUT2D eigenvalue weighted by Crippen LogP contribution is -2.43. The molecule has 3 atom stereocenters. The van der Waals surface area contributed by atoms with Crippen LogP contribution in [0.25, 0.3) is 0 Å². The van der Waals surface area contributed by atoms with Crippen molar-refractivity contribution in [3.63, 3.8) is 0 Å². The molecular weight excluding hydrogens is 486 g/mol. The predicted octanol–water partition coefficient (Wildman–Crippen LogP) is 4.45. The average Bonchev–Trinajstić information content (AvgIpc) is 2.91. The van der Waals surface area contributed by atoms with E-state index < -0.39 is 23.8 Å². The number of hydrogen-bond donors (Lipinski definition) is 1. The number of carbonyl (C=O) groups is 3. The van der Waals surface area contributed by atoms with Crippen LogP contribution < -0.4 is 14.8 Å². The first kappa shape index (κ1) is 27.0. The summed E-state index contributed by atoms with van der Waals surface area (Å²) in [6, 6.07) is 15.1. The van der Waals surface area contributed by atoms with Gasteiger partial charge in [0.05, 0.1) is 26.4 Å². The second kappa shape index (κ2) is 11.5. The van der Waals surface area contributed by atoms with E-state index in [1.54, 1.807) is 26.0 Å². The van der Waals surface area contributed by atoms with E-state index in [-0.39, 0.29) is 18.3 Å². The summed E-state index contributed by atoms with van der Waals surface area (Å²) in [6.07, 6.45) is 0.459. The van der Waals surface area contributed by atoms with Crippen molar-refractivity contribution in [2.24, 2.45) is 11.8 Å². The first-order valence-corrected chi connectivity index (χ1v) is 12.6. The van der Waals surface area contributed by atoms with Crippen LogP contribution in [0.3, 0.4) is 0 Å². The number of allylic oxidation sites excluding steroid dienone is 3. The summed E-state index contributed by atoms with van der Waals surface area (Å²) >= 11 is 0. The Morgan fingerprint density at radius 1 is 1.05 bits per heavy atom. The number of dihydropyridines is 1. The quantitative estimate of drug-likeness (QED) is 0.403. The highest BCUT2D eigenvalue weighted by Gasteiger charge is 2.47. The predicted molar refractivity (Wildman–Crippen MR) is 140 cm³/mol. The lowest BCUT2D eigenvalue weighted by molar-refractivity contribution is -0.151. The first-order chi connectivity index (χ1) is 18.3. The summed E-state index contributed by atoms with van der Waals surface area (Å²) < 4.78 is 22.0. The fourth-order valence-corrected chi connectivity index (χ4v) is 5.21. The summed E-state index contributed by atoms with van der Waals surface area (Å²) in [5.41, 5.74) is 3.64. The van der Waals surface area contributed by atoms with Gasteiger partial charge in [-0.2, -0.15) is 0 Å². The van der Waals surface area contributed by atoms with Gasteiger partial charge in [-0.05, 0) is 49.4 Å². The monoisotopic (exact) mass is 519 g/mol. The van der Waals surface area contributed by atoms with Crippen LogP contribution in [-0.4, -0.2) is 38.5 Å². The van der Waals surface area contributed by atoms with Crippen LogP contribution >= 0.6 is 0 Å². The zero-order valence-corrected chi connectivity index (χ0v) is 22.3. The Kier molecular flexibility index (Phi) is 8.20. The zero-order valence-electron chi connectivity index (χ0n) is 22.3. The van der Waals surface area contributed by atoms with E-state index in [1.807, 2.05) is 43.3 Å². The molecule has 1 heterocycles. The Morgan fingerprint density at radius 2 is 1.79 bits per heavy atom. The molecule has 1 N–H and O–H groups in total. The minimum Gasteiger partial charge on any atom is -0.493 e. The molecule has 200 valence electrons. The molecule has 8 nitrogen and oxygen atoms in total. The number of Topliss-reactive ketones (excluding diaryl/α,β-unsaturated/α-hetero) is 1. The minimum absolute atomic E-state index is 0.180. The van der Waals surface area contributed by atoms with Crippen LogP contribution in [0.1, 0.15) is 44.2 Å². The SMILES string of the molecule is CCOC(=O)C1=C(C)NC2=C(C(=O)[C@H](C(=O)OC)[C@@H](C)C2)[C@@H]1c1ccc(OCc2ccccc2)c(OC)c1. The zero-order chi connectivity index (χ0) is 27.4. The van der Waals surface area contributed by atoms with Crippen molar-refractivity contribution >= 4 is 17.7 Å². The molecule has 0 amide bonds. The molecular formula is C30H33NO7. The number of esters is 2. The Balaban J connectivity index is 1.79. The van der Waals surface area contributed by atoms with E-state index in [1.165, 1.54) is 14.2 Å². The average molecular weight is 520 g/mol. The number of ether oxygens (including phenoxy) is 4. The number of hydrogen-bond acceptors (Lipinski definition) is 8. The van der Waals surface area contributed by atoms with Gasteiger partial charge >= 0.3 is 11.9 Å². The molecule has 0 saturated heterocycles. The van der Waals surface area contributed by atoms with Crippen LogP contribution in [0.5, 0.6) is 11.5 Å². The summed E-state index contributed by atoms with van der Waals surface area (Å²) in [5.74, 6) is -2.46. The molecule has 1 aliphatic heterocycles. The van der Waals surface area contributed by atoms with E-state index in [0.29, 0.717) is 52.6 Å². The van der Waals surface area contributed by atoms with E-state index in [9.17, 15) is 14.4 Å². The van der Waals surface area contributed by atoms with Crippen molar-refractivity contribution in [1.29, 1.82) is 0 Å². The van der Waals surface area contributed by atoms with E-state index in [2.05, 4.69) is 5.32 Å². The van der Waals surface area contributed by atoms with Gasteiger partial charge in [-0.3, -0.25) is 9.59 Å². The maximum absolute atomic E-state index is 13.8. The molecule has 4 rings (SSSR count). The maximum Gasteiger partial charge on any atom is 0.336 e. The largest absolute Gasteiger partial charge is 0.493 e. The topological polar surface area (TPSA) is 100 Å². The third-order valence-electron chi connectivity index (χ3n) is 7.00. The van der Waals surface area contributed by atoms with E-state index in [4.69, 9.17) is 18.9 Å². The summed E-state index contributed by atoms with van der Waals surface area (Å²) in [5, 5.41) is 3.25. The molecule has 0 spiro atoms.